The number of hydrogen-bond donors (Lipinski definition) is 4. The van der Waals surface area contributed by atoms with Crippen LogP contribution in [-0.2, 0) is 0 Å². The summed E-state index contributed by atoms with van der Waals surface area (Å²) in [6.45, 7) is 4.46. The van der Waals surface area contributed by atoms with E-state index < -0.39 is 23.2 Å². The number of unbranched alkanes of at least 4 members (excludes halogenated alkanes) is 3. The molecular formula is C13H20O5. The fourth-order valence-electron chi connectivity index (χ4n) is 1.23. The van der Waals surface area contributed by atoms with E-state index in [1.54, 1.807) is 0 Å². The highest BCUT2D eigenvalue weighted by atomic mass is 16.4. The van der Waals surface area contributed by atoms with Crippen molar-refractivity contribution in [2.75, 3.05) is 0 Å². The Morgan fingerprint density at radius 1 is 1.00 bits per heavy atom. The van der Waals surface area contributed by atoms with Crippen LogP contribution in [0, 0.1) is 0 Å². The molecule has 0 saturated carbocycles. The number of hydrogen-bond acceptors (Lipinski definition) is 4. The first-order valence-corrected chi connectivity index (χ1v) is 5.92. The zero-order chi connectivity index (χ0) is 14.1. The molecule has 0 atom stereocenters. The summed E-state index contributed by atoms with van der Waals surface area (Å²) >= 11 is 0. The SMILES string of the molecule is CCCCCC.O=C(O)c1cc(O)c(O)c(O)c1. The summed E-state index contributed by atoms with van der Waals surface area (Å²) in [6, 6.07) is 1.69. The highest BCUT2D eigenvalue weighted by Crippen LogP contribution is 2.35. The third-order valence-corrected chi connectivity index (χ3v) is 2.27. The van der Waals surface area contributed by atoms with Crippen molar-refractivity contribution in [1.29, 1.82) is 0 Å². The molecule has 5 nitrogen and oxygen atoms in total. The van der Waals surface area contributed by atoms with Gasteiger partial charge < -0.3 is 20.4 Å². The quantitative estimate of drug-likeness (QED) is 0.490. The molecule has 1 rings (SSSR count). The number of benzene rings is 1. The van der Waals surface area contributed by atoms with Gasteiger partial charge in [0.1, 0.15) is 0 Å². The average molecular weight is 256 g/mol. The molecule has 0 fully saturated rings. The molecule has 102 valence electrons. The highest BCUT2D eigenvalue weighted by molar-refractivity contribution is 5.89. The van der Waals surface area contributed by atoms with Crippen LogP contribution in [-0.4, -0.2) is 26.4 Å². The summed E-state index contributed by atoms with van der Waals surface area (Å²) in [5, 5.41) is 35.0. The summed E-state index contributed by atoms with van der Waals surface area (Å²) in [6.07, 6.45) is 5.54. The van der Waals surface area contributed by atoms with Crippen molar-refractivity contribution in [3.05, 3.63) is 17.7 Å². The maximum Gasteiger partial charge on any atom is 0.335 e. The average Bonchev–Trinajstić information content (AvgIpc) is 2.33. The fraction of sp³-hybridized carbons (Fsp3) is 0.462. The van der Waals surface area contributed by atoms with Crippen molar-refractivity contribution < 1.29 is 25.2 Å². The Bertz CT molecular complexity index is 360. The molecule has 0 radical (unpaired) electrons. The van der Waals surface area contributed by atoms with Crippen LogP contribution in [0.1, 0.15) is 49.9 Å². The minimum absolute atomic E-state index is 0.289. The molecule has 0 aromatic heterocycles. The van der Waals surface area contributed by atoms with E-state index in [0.717, 1.165) is 12.1 Å². The normalized spacial score (nSPS) is 9.44. The number of rotatable bonds is 4. The Morgan fingerprint density at radius 3 is 1.67 bits per heavy atom. The smallest absolute Gasteiger partial charge is 0.335 e. The highest BCUT2D eigenvalue weighted by Gasteiger charge is 2.11. The van der Waals surface area contributed by atoms with Crippen LogP contribution in [0.5, 0.6) is 17.2 Å². The van der Waals surface area contributed by atoms with Crippen LogP contribution >= 0.6 is 0 Å². The summed E-state index contributed by atoms with van der Waals surface area (Å²) < 4.78 is 0. The van der Waals surface area contributed by atoms with E-state index in [9.17, 15) is 4.79 Å². The monoisotopic (exact) mass is 256 g/mol. The number of phenolic OH excluding ortho intramolecular Hbond substituents is 3. The molecule has 1 aromatic rings. The minimum Gasteiger partial charge on any atom is -0.504 e. The van der Waals surface area contributed by atoms with Crippen molar-refractivity contribution >= 4 is 5.97 Å². The van der Waals surface area contributed by atoms with Crippen LogP contribution in [0.4, 0.5) is 0 Å². The third kappa shape index (κ3) is 5.43. The van der Waals surface area contributed by atoms with Gasteiger partial charge in [0.25, 0.3) is 0 Å². The lowest BCUT2D eigenvalue weighted by Crippen LogP contribution is -1.95. The predicted octanol–water partition coefficient (Wildman–Crippen LogP) is 3.09. The third-order valence-electron chi connectivity index (χ3n) is 2.27. The van der Waals surface area contributed by atoms with Crippen molar-refractivity contribution in [3.8, 4) is 17.2 Å². The second-order valence-corrected chi connectivity index (χ2v) is 3.88. The summed E-state index contributed by atoms with van der Waals surface area (Å²) in [5.74, 6) is -3.33. The van der Waals surface area contributed by atoms with Crippen molar-refractivity contribution in [3.63, 3.8) is 0 Å². The maximum atomic E-state index is 10.3. The lowest BCUT2D eigenvalue weighted by molar-refractivity contribution is 0.0696. The Morgan fingerprint density at radius 2 is 1.39 bits per heavy atom. The number of aromatic carboxylic acids is 1. The molecule has 0 saturated heterocycles. The molecule has 0 aliphatic carbocycles. The van der Waals surface area contributed by atoms with Gasteiger partial charge in [-0.15, -0.1) is 0 Å². The van der Waals surface area contributed by atoms with Gasteiger partial charge >= 0.3 is 5.97 Å². The first-order valence-electron chi connectivity index (χ1n) is 5.92. The second-order valence-electron chi connectivity index (χ2n) is 3.88. The van der Waals surface area contributed by atoms with E-state index in [1.165, 1.54) is 25.7 Å². The van der Waals surface area contributed by atoms with Crippen LogP contribution < -0.4 is 0 Å². The molecule has 0 unspecified atom stereocenters. The van der Waals surface area contributed by atoms with Gasteiger partial charge in [0.15, 0.2) is 17.2 Å². The van der Waals surface area contributed by atoms with Crippen LogP contribution in [0.15, 0.2) is 12.1 Å². The van der Waals surface area contributed by atoms with Gasteiger partial charge in [-0.1, -0.05) is 39.5 Å². The number of aromatic hydroxyl groups is 3. The van der Waals surface area contributed by atoms with Gasteiger partial charge in [0, 0.05) is 0 Å². The topological polar surface area (TPSA) is 98.0 Å². The van der Waals surface area contributed by atoms with Crippen molar-refractivity contribution in [1.82, 2.24) is 0 Å². The molecule has 1 aromatic carbocycles. The molecule has 0 aliphatic rings. The second kappa shape index (κ2) is 8.22. The number of carboxylic acids is 1. The molecule has 5 heteroatoms. The van der Waals surface area contributed by atoms with E-state index in [1.807, 2.05) is 0 Å². The fourth-order valence-corrected chi connectivity index (χ4v) is 1.23. The van der Waals surface area contributed by atoms with Gasteiger partial charge in [0.05, 0.1) is 5.56 Å². The maximum absolute atomic E-state index is 10.3. The summed E-state index contributed by atoms with van der Waals surface area (Å²) in [7, 11) is 0. The first-order chi connectivity index (χ1) is 8.43. The lowest BCUT2D eigenvalue weighted by atomic mass is 10.2. The zero-order valence-corrected chi connectivity index (χ0v) is 10.7. The lowest BCUT2D eigenvalue weighted by Gasteiger charge is -2.01. The van der Waals surface area contributed by atoms with Crippen LogP contribution in [0.25, 0.3) is 0 Å². The summed E-state index contributed by atoms with van der Waals surface area (Å²) in [4.78, 5) is 10.3. The van der Waals surface area contributed by atoms with E-state index in [0.29, 0.717) is 0 Å². The minimum atomic E-state index is -1.29. The Balaban J connectivity index is 0.000000411. The number of phenols is 3. The predicted molar refractivity (Wildman–Crippen MR) is 68.2 cm³/mol. The Kier molecular flexibility index (Phi) is 7.35. The van der Waals surface area contributed by atoms with E-state index >= 15 is 0 Å². The van der Waals surface area contributed by atoms with Crippen molar-refractivity contribution in [2.45, 2.75) is 39.5 Å². The van der Waals surface area contributed by atoms with Crippen LogP contribution in [0.3, 0.4) is 0 Å². The summed E-state index contributed by atoms with van der Waals surface area (Å²) in [5.41, 5.74) is -0.289. The van der Waals surface area contributed by atoms with Crippen molar-refractivity contribution in [2.24, 2.45) is 0 Å². The molecular weight excluding hydrogens is 236 g/mol. The molecule has 0 bridgehead atoms. The number of carbonyl (C=O) groups is 1. The van der Waals surface area contributed by atoms with Gasteiger partial charge in [-0.25, -0.2) is 4.79 Å². The largest absolute Gasteiger partial charge is 0.504 e. The van der Waals surface area contributed by atoms with Gasteiger partial charge in [-0.2, -0.15) is 0 Å². The van der Waals surface area contributed by atoms with Gasteiger partial charge in [-0.3, -0.25) is 0 Å². The Labute approximate surface area is 106 Å². The van der Waals surface area contributed by atoms with E-state index in [2.05, 4.69) is 13.8 Å². The van der Waals surface area contributed by atoms with Crippen LogP contribution in [0.2, 0.25) is 0 Å². The first kappa shape index (κ1) is 16.1. The molecule has 4 N–H and O–H groups in total. The number of carboxylic acid groups (broad SMARTS) is 1. The van der Waals surface area contributed by atoms with Gasteiger partial charge in [-0.05, 0) is 12.1 Å². The van der Waals surface area contributed by atoms with E-state index in [-0.39, 0.29) is 5.56 Å². The Hall–Kier alpha value is -1.91. The zero-order valence-electron chi connectivity index (χ0n) is 10.7. The standard InChI is InChI=1S/C7H6O5.C6H14/c8-4-1-3(7(11)12)2-5(9)6(4)10;1-3-5-6-4-2/h1-2,8-10H,(H,11,12);3-6H2,1-2H3. The van der Waals surface area contributed by atoms with E-state index in [4.69, 9.17) is 20.4 Å². The molecule has 0 aliphatic heterocycles. The van der Waals surface area contributed by atoms with Gasteiger partial charge in [0.2, 0.25) is 0 Å². The molecule has 0 heterocycles. The molecule has 0 amide bonds. The molecule has 0 spiro atoms. The molecule has 18 heavy (non-hydrogen) atoms.